The van der Waals surface area contributed by atoms with Gasteiger partial charge in [-0.05, 0) is 70.5 Å². The Balaban J connectivity index is 1.79. The quantitative estimate of drug-likeness (QED) is 0.328. The van der Waals surface area contributed by atoms with Crippen LogP contribution in [0, 0.1) is 11.6 Å². The number of rotatable bonds is 4. The molecule has 5 rings (SSSR count). The molecule has 0 spiro atoms. The molecule has 32 heavy (non-hydrogen) atoms. The minimum Gasteiger partial charge on any atom is -0.507 e. The summed E-state index contributed by atoms with van der Waals surface area (Å²) in [4.78, 5) is 0. The molecule has 4 heteroatoms. The van der Waals surface area contributed by atoms with Crippen LogP contribution >= 0.6 is 7.92 Å². The van der Waals surface area contributed by atoms with Gasteiger partial charge >= 0.3 is 0 Å². The predicted molar refractivity (Wildman–Crippen MR) is 130 cm³/mol. The van der Waals surface area contributed by atoms with Crippen molar-refractivity contribution in [2.24, 2.45) is 0 Å². The van der Waals surface area contributed by atoms with Crippen LogP contribution in [0.15, 0.2) is 109 Å². The summed E-state index contributed by atoms with van der Waals surface area (Å²) in [5.74, 6) is -0.408. The number of halogens is 2. The highest BCUT2D eigenvalue weighted by atomic mass is 31.1. The maximum atomic E-state index is 13.7. The Morgan fingerprint density at radius 1 is 0.562 bits per heavy atom. The van der Waals surface area contributed by atoms with E-state index < -0.39 is 7.92 Å². The van der Waals surface area contributed by atoms with Gasteiger partial charge in [-0.1, -0.05) is 78.9 Å². The molecule has 0 fully saturated rings. The number of hydrogen-bond acceptors (Lipinski definition) is 1. The first kappa shape index (κ1) is 20.4. The molecule has 1 N–H and O–H groups in total. The van der Waals surface area contributed by atoms with E-state index in [4.69, 9.17) is 0 Å². The van der Waals surface area contributed by atoms with E-state index in [0.29, 0.717) is 0 Å². The van der Waals surface area contributed by atoms with E-state index in [-0.39, 0.29) is 17.4 Å². The van der Waals surface area contributed by atoms with E-state index in [1.807, 2.05) is 54.6 Å². The van der Waals surface area contributed by atoms with Crippen molar-refractivity contribution in [1.82, 2.24) is 0 Å². The smallest absolute Gasteiger partial charge is 0.124 e. The summed E-state index contributed by atoms with van der Waals surface area (Å²) >= 11 is 0. The topological polar surface area (TPSA) is 20.2 Å². The van der Waals surface area contributed by atoms with Crippen molar-refractivity contribution in [2.45, 2.75) is 0 Å². The molecule has 0 atom stereocenters. The SMILES string of the molecule is Oc1ccc2ccccc2c1-c1ccccc1P(c1ccc(F)cc1)c1ccc(F)cc1. The minimum absolute atomic E-state index is 0.198. The second-order valence-corrected chi connectivity index (χ2v) is 9.67. The van der Waals surface area contributed by atoms with Gasteiger partial charge in [0, 0.05) is 5.56 Å². The molecule has 156 valence electrons. The first-order valence-electron chi connectivity index (χ1n) is 10.2. The lowest BCUT2D eigenvalue weighted by Gasteiger charge is -2.23. The van der Waals surface area contributed by atoms with Crippen LogP contribution in [0.1, 0.15) is 0 Å². The van der Waals surface area contributed by atoms with Crippen molar-refractivity contribution in [3.8, 4) is 16.9 Å². The largest absolute Gasteiger partial charge is 0.507 e. The molecular formula is C28H19F2OP. The Hall–Kier alpha value is -3.55. The molecule has 0 saturated heterocycles. The van der Waals surface area contributed by atoms with Crippen LogP contribution in [0.5, 0.6) is 5.75 Å². The molecule has 0 aromatic heterocycles. The highest BCUT2D eigenvalue weighted by molar-refractivity contribution is 7.80. The lowest BCUT2D eigenvalue weighted by atomic mass is 9.97. The third-order valence-electron chi connectivity index (χ3n) is 5.49. The van der Waals surface area contributed by atoms with Crippen molar-refractivity contribution in [1.29, 1.82) is 0 Å². The van der Waals surface area contributed by atoms with E-state index in [0.717, 1.165) is 37.8 Å². The first-order valence-corrected chi connectivity index (χ1v) is 11.6. The van der Waals surface area contributed by atoms with Gasteiger partial charge in [-0.3, -0.25) is 0 Å². The van der Waals surface area contributed by atoms with Crippen LogP contribution in [0.3, 0.4) is 0 Å². The van der Waals surface area contributed by atoms with Crippen molar-refractivity contribution in [3.63, 3.8) is 0 Å². The maximum Gasteiger partial charge on any atom is 0.124 e. The van der Waals surface area contributed by atoms with E-state index in [9.17, 15) is 13.9 Å². The molecule has 5 aromatic rings. The molecule has 0 bridgehead atoms. The van der Waals surface area contributed by atoms with Gasteiger partial charge in [0.2, 0.25) is 0 Å². The molecule has 0 amide bonds. The normalized spacial score (nSPS) is 11.2. The number of aromatic hydroxyl groups is 1. The fraction of sp³-hybridized carbons (Fsp3) is 0. The summed E-state index contributed by atoms with van der Waals surface area (Å²) in [7, 11) is -1.13. The molecule has 0 aliphatic carbocycles. The molecule has 0 saturated carbocycles. The van der Waals surface area contributed by atoms with Crippen molar-refractivity contribution in [2.75, 3.05) is 0 Å². The number of benzene rings is 5. The lowest BCUT2D eigenvalue weighted by Crippen LogP contribution is -2.22. The van der Waals surface area contributed by atoms with Crippen LogP contribution in [0.4, 0.5) is 8.78 Å². The molecule has 0 unspecified atom stereocenters. The fourth-order valence-electron chi connectivity index (χ4n) is 4.03. The zero-order chi connectivity index (χ0) is 22.1. The Labute approximate surface area is 186 Å². The van der Waals surface area contributed by atoms with E-state index >= 15 is 0 Å². The van der Waals surface area contributed by atoms with Gasteiger partial charge in [0.05, 0.1) is 0 Å². The summed E-state index contributed by atoms with van der Waals surface area (Å²) in [5.41, 5.74) is 1.66. The van der Waals surface area contributed by atoms with Gasteiger partial charge in [0.15, 0.2) is 0 Å². The van der Waals surface area contributed by atoms with Crippen LogP contribution < -0.4 is 15.9 Å². The lowest BCUT2D eigenvalue weighted by molar-refractivity contribution is 0.478. The van der Waals surface area contributed by atoms with Gasteiger partial charge in [0.25, 0.3) is 0 Å². The van der Waals surface area contributed by atoms with Crippen molar-refractivity contribution < 1.29 is 13.9 Å². The molecular weight excluding hydrogens is 421 g/mol. The molecule has 5 aromatic carbocycles. The van der Waals surface area contributed by atoms with E-state index in [2.05, 4.69) is 0 Å². The van der Waals surface area contributed by atoms with Gasteiger partial charge in [-0.15, -0.1) is 0 Å². The van der Waals surface area contributed by atoms with E-state index in [1.165, 1.54) is 24.3 Å². The summed E-state index contributed by atoms with van der Waals surface area (Å²) < 4.78 is 27.4. The maximum absolute atomic E-state index is 13.7. The zero-order valence-electron chi connectivity index (χ0n) is 17.0. The number of hydrogen-bond donors (Lipinski definition) is 1. The molecule has 0 aliphatic heterocycles. The van der Waals surface area contributed by atoms with Gasteiger partial charge in [-0.2, -0.15) is 0 Å². The average molecular weight is 440 g/mol. The average Bonchev–Trinajstić information content (AvgIpc) is 2.82. The molecule has 0 radical (unpaired) electrons. The zero-order valence-corrected chi connectivity index (χ0v) is 17.9. The molecule has 0 heterocycles. The summed E-state index contributed by atoms with van der Waals surface area (Å²) in [5, 5.41) is 15.8. The third-order valence-corrected chi connectivity index (χ3v) is 7.99. The Morgan fingerprint density at radius 3 is 1.78 bits per heavy atom. The highest BCUT2D eigenvalue weighted by Gasteiger charge is 2.22. The van der Waals surface area contributed by atoms with Crippen LogP contribution in [0.25, 0.3) is 21.9 Å². The van der Waals surface area contributed by atoms with Crippen LogP contribution in [0.2, 0.25) is 0 Å². The van der Waals surface area contributed by atoms with E-state index in [1.54, 1.807) is 30.3 Å². The van der Waals surface area contributed by atoms with Crippen molar-refractivity contribution >= 4 is 34.6 Å². The Bertz CT molecular complexity index is 1350. The first-order chi connectivity index (χ1) is 15.6. The second kappa shape index (κ2) is 8.53. The summed E-state index contributed by atoms with van der Waals surface area (Å²) in [6.07, 6.45) is 0. The number of phenols is 1. The molecule has 0 aliphatic rings. The monoisotopic (exact) mass is 440 g/mol. The highest BCUT2D eigenvalue weighted by Crippen LogP contribution is 2.42. The van der Waals surface area contributed by atoms with Gasteiger partial charge in [-0.25, -0.2) is 8.78 Å². The summed E-state index contributed by atoms with van der Waals surface area (Å²) in [6, 6.07) is 32.4. The third kappa shape index (κ3) is 3.77. The van der Waals surface area contributed by atoms with Crippen LogP contribution in [-0.4, -0.2) is 5.11 Å². The molecule has 1 nitrogen and oxygen atoms in total. The second-order valence-electron chi connectivity index (χ2n) is 7.49. The summed E-state index contributed by atoms with van der Waals surface area (Å²) in [6.45, 7) is 0. The predicted octanol–water partition coefficient (Wildman–Crippen LogP) is 6.25. The van der Waals surface area contributed by atoms with Crippen molar-refractivity contribution in [3.05, 3.63) is 121 Å². The Kier molecular flexibility index (Phi) is 5.43. The van der Waals surface area contributed by atoms with Crippen LogP contribution in [-0.2, 0) is 0 Å². The Morgan fingerprint density at radius 2 is 1.12 bits per heavy atom. The fourth-order valence-corrected chi connectivity index (χ4v) is 6.44. The van der Waals surface area contributed by atoms with Gasteiger partial charge in [0.1, 0.15) is 17.4 Å². The standard InChI is InChI=1S/C28H19F2OP/c29-20-10-14-22(15-11-20)32(23-16-12-21(30)13-17-23)27-8-4-3-7-25(27)28-24-6-2-1-5-19(24)9-18-26(28)31/h1-18,31H. The minimum atomic E-state index is -1.13. The van der Waals surface area contributed by atoms with Gasteiger partial charge < -0.3 is 5.11 Å². The number of fused-ring (bicyclic) bond motifs is 1. The number of phenolic OH excluding ortho intramolecular Hbond substituents is 1.